The van der Waals surface area contributed by atoms with Gasteiger partial charge >= 0.3 is 0 Å². The van der Waals surface area contributed by atoms with Crippen molar-refractivity contribution < 1.29 is 89.4 Å². The van der Waals surface area contributed by atoms with Gasteiger partial charge < -0.3 is 89.9 Å². The molecule has 12 N–H and O–H groups in total. The van der Waals surface area contributed by atoms with Gasteiger partial charge in [-0.1, -0.05) is 384 Å². The van der Waals surface area contributed by atoms with E-state index in [1.165, 1.54) is 340 Å². The molecule has 0 saturated carbocycles. The van der Waals surface area contributed by atoms with Crippen LogP contribution in [0.15, 0.2) is 36.5 Å². The van der Waals surface area contributed by atoms with E-state index >= 15 is 0 Å². The van der Waals surface area contributed by atoms with Crippen molar-refractivity contribution in [3.05, 3.63) is 36.5 Å². The first-order valence-corrected chi connectivity index (χ1v) is 46.7. The zero-order valence-corrected chi connectivity index (χ0v) is 70.7. The Kier molecular flexibility index (Phi) is 67.0. The number of aliphatic hydroxyl groups is 11. The normalized spacial score (nSPS) is 25.1. The van der Waals surface area contributed by atoms with Gasteiger partial charge in [-0.05, 0) is 57.8 Å². The second-order valence-corrected chi connectivity index (χ2v) is 33.5. The molecule has 17 unspecified atom stereocenters. The zero-order chi connectivity index (χ0) is 80.3. The second-order valence-electron chi connectivity index (χ2n) is 33.5. The predicted molar refractivity (Wildman–Crippen MR) is 448 cm³/mol. The average molecular weight is 1580 g/mol. The van der Waals surface area contributed by atoms with Crippen LogP contribution in [0.4, 0.5) is 0 Å². The Morgan fingerprint density at radius 3 is 0.901 bits per heavy atom. The quantitative estimate of drug-likeness (QED) is 0.0199. The molecule has 0 bridgehead atoms. The highest BCUT2D eigenvalue weighted by atomic mass is 16.8. The van der Waals surface area contributed by atoms with Gasteiger partial charge in [0.25, 0.3) is 0 Å². The number of ether oxygens (including phenoxy) is 6. The Labute approximate surface area is 676 Å². The largest absolute Gasteiger partial charge is 0.394 e. The fourth-order valence-corrected chi connectivity index (χ4v) is 16.0. The lowest BCUT2D eigenvalue weighted by atomic mass is 9.96. The summed E-state index contributed by atoms with van der Waals surface area (Å²) in [7, 11) is 0. The Hall–Kier alpha value is -1.99. The molecule has 0 radical (unpaired) electrons. The highest BCUT2D eigenvalue weighted by molar-refractivity contribution is 5.76. The average Bonchev–Trinajstić information content (AvgIpc) is 0.780. The summed E-state index contributed by atoms with van der Waals surface area (Å²) >= 11 is 0. The van der Waals surface area contributed by atoms with Crippen LogP contribution >= 0.6 is 0 Å². The summed E-state index contributed by atoms with van der Waals surface area (Å²) in [6, 6.07) is -0.990. The van der Waals surface area contributed by atoms with Gasteiger partial charge in [0.05, 0.1) is 38.6 Å². The van der Waals surface area contributed by atoms with Crippen LogP contribution in [0.5, 0.6) is 0 Å². The first kappa shape index (κ1) is 103. The van der Waals surface area contributed by atoms with Gasteiger partial charge in [0.2, 0.25) is 5.91 Å². The van der Waals surface area contributed by atoms with E-state index < -0.39 is 124 Å². The van der Waals surface area contributed by atoms with Crippen LogP contribution in [0.2, 0.25) is 0 Å². The van der Waals surface area contributed by atoms with Gasteiger partial charge in [0.1, 0.15) is 73.2 Å². The minimum absolute atomic E-state index is 0.240. The molecule has 17 atom stereocenters. The summed E-state index contributed by atoms with van der Waals surface area (Å²) in [5.41, 5.74) is 0. The van der Waals surface area contributed by atoms with E-state index in [0.29, 0.717) is 12.8 Å². The van der Waals surface area contributed by atoms with Crippen LogP contribution < -0.4 is 5.32 Å². The lowest BCUT2D eigenvalue weighted by Gasteiger charge is -2.48. The second kappa shape index (κ2) is 72.1. The SMILES string of the molecule is CCCCCCCCCC/C=C\CCCCCCCCCCCCCCCCCCCCCCCCCCCCCC(=O)NC(COC1OC(CO)C(OC2OC(CO)C(OC3OC(CO)C(O)C(O)C3O)C(O)C2O)C(O)C1O)C(O)/C=C/CC/C=C/CCCCCCCCCCCCCCCCCCCCCCC. The lowest BCUT2D eigenvalue weighted by molar-refractivity contribution is -0.379. The van der Waals surface area contributed by atoms with Crippen LogP contribution in [0.25, 0.3) is 0 Å². The first-order chi connectivity index (χ1) is 54.3. The molecule has 3 rings (SSSR count). The minimum Gasteiger partial charge on any atom is -0.394 e. The number of hydrogen-bond acceptors (Lipinski definition) is 18. The molecule has 19 nitrogen and oxygen atoms in total. The minimum atomic E-state index is -1.98. The van der Waals surface area contributed by atoms with E-state index in [4.69, 9.17) is 28.4 Å². The maximum Gasteiger partial charge on any atom is 0.220 e. The van der Waals surface area contributed by atoms with Crippen molar-refractivity contribution in [3.8, 4) is 0 Å². The van der Waals surface area contributed by atoms with Crippen molar-refractivity contribution >= 4 is 5.91 Å². The number of allylic oxidation sites excluding steroid dienone is 5. The Bertz CT molecular complexity index is 2140. The van der Waals surface area contributed by atoms with E-state index in [0.717, 1.165) is 38.5 Å². The number of nitrogens with one attached hydrogen (secondary N) is 1. The summed E-state index contributed by atoms with van der Waals surface area (Å²) in [4.78, 5) is 13.5. The van der Waals surface area contributed by atoms with Crippen molar-refractivity contribution in [2.24, 2.45) is 0 Å². The third-order valence-electron chi connectivity index (χ3n) is 23.4. The maximum absolute atomic E-state index is 13.5. The number of hydrogen-bond donors (Lipinski definition) is 12. The van der Waals surface area contributed by atoms with Gasteiger partial charge in [-0.3, -0.25) is 4.79 Å². The highest BCUT2D eigenvalue weighted by Gasteiger charge is 2.54. The molecule has 3 aliphatic heterocycles. The van der Waals surface area contributed by atoms with Crippen molar-refractivity contribution in [1.82, 2.24) is 5.32 Å². The van der Waals surface area contributed by atoms with E-state index in [1.807, 2.05) is 6.08 Å². The van der Waals surface area contributed by atoms with E-state index in [1.54, 1.807) is 6.08 Å². The lowest BCUT2D eigenvalue weighted by Crippen LogP contribution is -2.66. The molecular weight excluding hydrogens is 1410 g/mol. The Morgan fingerprint density at radius 2 is 0.577 bits per heavy atom. The number of amides is 1. The fraction of sp³-hybridized carbons (Fsp3) is 0.924. The van der Waals surface area contributed by atoms with Crippen LogP contribution in [0.3, 0.4) is 0 Å². The molecule has 111 heavy (non-hydrogen) atoms. The van der Waals surface area contributed by atoms with Gasteiger partial charge in [0.15, 0.2) is 18.9 Å². The summed E-state index contributed by atoms with van der Waals surface area (Å²) in [6.07, 6.45) is 66.1. The zero-order valence-electron chi connectivity index (χ0n) is 70.7. The van der Waals surface area contributed by atoms with E-state index in [-0.39, 0.29) is 18.9 Å². The third-order valence-corrected chi connectivity index (χ3v) is 23.4. The van der Waals surface area contributed by atoms with E-state index in [2.05, 4.69) is 43.5 Å². The molecular formula is C92H173NO18. The molecule has 0 aromatic carbocycles. The molecule has 0 aromatic rings. The van der Waals surface area contributed by atoms with E-state index in [9.17, 15) is 61.0 Å². The molecule has 19 heteroatoms. The molecule has 3 saturated heterocycles. The van der Waals surface area contributed by atoms with Gasteiger partial charge in [-0.25, -0.2) is 0 Å². The molecule has 0 aromatic heterocycles. The summed E-state index contributed by atoms with van der Waals surface area (Å²) in [5, 5.41) is 121. The van der Waals surface area contributed by atoms with Crippen molar-refractivity contribution in [2.45, 2.75) is 516 Å². The molecule has 654 valence electrons. The van der Waals surface area contributed by atoms with Crippen LogP contribution in [-0.4, -0.2) is 193 Å². The Morgan fingerprint density at radius 1 is 0.315 bits per heavy atom. The summed E-state index contributed by atoms with van der Waals surface area (Å²) < 4.78 is 34.5. The monoisotopic (exact) mass is 1580 g/mol. The summed E-state index contributed by atoms with van der Waals surface area (Å²) in [6.45, 7) is 1.79. The Balaban J connectivity index is 1.30. The smallest absolute Gasteiger partial charge is 0.220 e. The van der Waals surface area contributed by atoms with Crippen molar-refractivity contribution in [2.75, 3.05) is 26.4 Å². The van der Waals surface area contributed by atoms with Crippen LogP contribution in [0.1, 0.15) is 412 Å². The summed E-state index contributed by atoms with van der Waals surface area (Å²) in [5.74, 6) is -0.276. The number of unbranched alkanes of at least 4 members (excludes halogenated alkanes) is 57. The number of carbonyl (C=O) groups is 1. The topological polar surface area (TPSA) is 307 Å². The van der Waals surface area contributed by atoms with Gasteiger partial charge in [-0.2, -0.15) is 0 Å². The molecule has 3 aliphatic rings. The third kappa shape index (κ3) is 50.5. The van der Waals surface area contributed by atoms with Gasteiger partial charge in [0, 0.05) is 6.42 Å². The molecule has 1 amide bonds. The fourth-order valence-electron chi connectivity index (χ4n) is 16.0. The molecule has 3 fully saturated rings. The molecule has 0 aliphatic carbocycles. The molecule has 3 heterocycles. The maximum atomic E-state index is 13.5. The van der Waals surface area contributed by atoms with Gasteiger partial charge in [-0.15, -0.1) is 0 Å². The van der Waals surface area contributed by atoms with Crippen molar-refractivity contribution in [3.63, 3.8) is 0 Å². The van der Waals surface area contributed by atoms with Crippen LogP contribution in [0, 0.1) is 0 Å². The van der Waals surface area contributed by atoms with Crippen molar-refractivity contribution in [1.29, 1.82) is 0 Å². The molecule has 0 spiro atoms. The number of aliphatic hydroxyl groups excluding tert-OH is 11. The van der Waals surface area contributed by atoms with Crippen LogP contribution in [-0.2, 0) is 33.2 Å². The first-order valence-electron chi connectivity index (χ1n) is 46.7. The number of carbonyl (C=O) groups excluding carboxylic acids is 1. The predicted octanol–water partition coefficient (Wildman–Crippen LogP) is 18.2. The number of rotatable bonds is 77. The standard InChI is InChI=1S/C92H173NO18/c1-3-5-7-9-11-13-15-17-19-21-23-25-27-29-31-32-33-34-35-36-37-38-39-40-41-42-44-46-48-50-52-54-56-58-60-62-64-66-68-70-80(98)93-75(76(97)69-67-65-63-61-59-57-55-53-51-49-47-45-43-30-28-26-24-22-20-18-16-14-12-10-8-6-4-2)74-106-90-86(104)83(101)88(78(72-95)108-90)111-92-87(105)84(102)89(79(73-96)109-92)110-91-85(103)82(100)81(99)77(71-94)107-91/h21,23,59,61,67,69,75-79,81-92,94-97,99-105H,3-20,22,24-58,60,62-66,68,70-74H2,1-2H3,(H,93,98)/b23-21-,61-59+,69-67+. The highest BCUT2D eigenvalue weighted by Crippen LogP contribution is 2.34.